The van der Waals surface area contributed by atoms with Gasteiger partial charge in [-0.3, -0.25) is 0 Å². The van der Waals surface area contributed by atoms with Crippen LogP contribution in [0.15, 0.2) is 49.6 Å². The molecule has 1 rings (SSSR count). The van der Waals surface area contributed by atoms with Crippen LogP contribution in [0.5, 0.6) is 0 Å². The van der Waals surface area contributed by atoms with E-state index < -0.39 is 0 Å². The molecule has 0 aliphatic heterocycles. The highest BCUT2D eigenvalue weighted by molar-refractivity contribution is 5.89. The van der Waals surface area contributed by atoms with Gasteiger partial charge in [0.25, 0.3) is 0 Å². The molecule has 0 saturated heterocycles. The number of nitrogens with one attached hydrogen (secondary N) is 1. The molecule has 17 heavy (non-hydrogen) atoms. The summed E-state index contributed by atoms with van der Waals surface area (Å²) in [5.74, 6) is 0. The van der Waals surface area contributed by atoms with Crippen LogP contribution in [0.3, 0.4) is 0 Å². The molecular weight excluding hydrogens is 214 g/mol. The predicted molar refractivity (Wildman–Crippen MR) is 71.8 cm³/mol. The number of urea groups is 1. The average Bonchev–Trinajstić information content (AvgIpc) is 2.32. The maximum Gasteiger partial charge on any atom is 0.322 e. The van der Waals surface area contributed by atoms with E-state index in [1.807, 2.05) is 0 Å². The van der Waals surface area contributed by atoms with Gasteiger partial charge in [0.1, 0.15) is 0 Å². The first kappa shape index (κ1) is 12.8. The highest BCUT2D eigenvalue weighted by Gasteiger charge is 2.09. The standard InChI is InChI=1S/C13H17N3O/c1-3-9-16(10-4-2)13(17)15-12-7-5-11(14)6-8-12/h3-8H,1-2,9-10,14H2,(H,15,17). The molecule has 0 bridgehead atoms. The minimum Gasteiger partial charge on any atom is -0.399 e. The van der Waals surface area contributed by atoms with Crippen molar-refractivity contribution in [1.29, 1.82) is 0 Å². The van der Waals surface area contributed by atoms with Gasteiger partial charge < -0.3 is 16.0 Å². The fraction of sp³-hybridized carbons (Fsp3) is 0.154. The van der Waals surface area contributed by atoms with Crippen molar-refractivity contribution in [3.63, 3.8) is 0 Å². The molecule has 0 heterocycles. The first-order chi connectivity index (χ1) is 8.17. The molecule has 2 amide bonds. The topological polar surface area (TPSA) is 58.4 Å². The fourth-order valence-electron chi connectivity index (χ4n) is 1.32. The summed E-state index contributed by atoms with van der Waals surface area (Å²) in [6.07, 6.45) is 3.35. The van der Waals surface area contributed by atoms with Crippen LogP contribution in [0.1, 0.15) is 0 Å². The predicted octanol–water partition coefficient (Wildman–Crippen LogP) is 2.47. The smallest absolute Gasteiger partial charge is 0.322 e. The zero-order valence-electron chi connectivity index (χ0n) is 9.73. The van der Waals surface area contributed by atoms with E-state index in [0.717, 1.165) is 0 Å². The number of carbonyl (C=O) groups excluding carboxylic acids is 1. The van der Waals surface area contributed by atoms with Crippen molar-refractivity contribution < 1.29 is 4.79 Å². The lowest BCUT2D eigenvalue weighted by Gasteiger charge is -2.19. The monoisotopic (exact) mass is 231 g/mol. The molecule has 0 unspecified atom stereocenters. The minimum atomic E-state index is -0.186. The number of nitrogen functional groups attached to an aromatic ring is 1. The van der Waals surface area contributed by atoms with E-state index in [1.165, 1.54) is 0 Å². The van der Waals surface area contributed by atoms with Crippen LogP contribution in [0.2, 0.25) is 0 Å². The van der Waals surface area contributed by atoms with Crippen LogP contribution in [-0.4, -0.2) is 24.0 Å². The highest BCUT2D eigenvalue weighted by atomic mass is 16.2. The first-order valence-electron chi connectivity index (χ1n) is 5.30. The number of carbonyl (C=O) groups is 1. The van der Waals surface area contributed by atoms with Crippen molar-refractivity contribution in [2.45, 2.75) is 0 Å². The Labute approximate surface area is 101 Å². The van der Waals surface area contributed by atoms with Crippen LogP contribution in [0.25, 0.3) is 0 Å². The van der Waals surface area contributed by atoms with E-state index in [-0.39, 0.29) is 6.03 Å². The van der Waals surface area contributed by atoms with E-state index in [1.54, 1.807) is 41.3 Å². The summed E-state index contributed by atoms with van der Waals surface area (Å²) >= 11 is 0. The second-order valence-electron chi connectivity index (χ2n) is 3.53. The Hall–Kier alpha value is -2.23. The normalized spacial score (nSPS) is 9.41. The molecule has 0 aromatic heterocycles. The first-order valence-corrected chi connectivity index (χ1v) is 5.30. The molecule has 3 N–H and O–H groups in total. The molecule has 90 valence electrons. The zero-order valence-corrected chi connectivity index (χ0v) is 9.73. The molecule has 0 spiro atoms. The molecule has 0 aliphatic rings. The van der Waals surface area contributed by atoms with Crippen molar-refractivity contribution >= 4 is 17.4 Å². The van der Waals surface area contributed by atoms with E-state index in [4.69, 9.17) is 5.73 Å². The largest absolute Gasteiger partial charge is 0.399 e. The number of benzene rings is 1. The number of hydrogen-bond acceptors (Lipinski definition) is 2. The number of anilines is 2. The van der Waals surface area contributed by atoms with Crippen molar-refractivity contribution in [2.75, 3.05) is 24.1 Å². The molecule has 0 saturated carbocycles. The van der Waals surface area contributed by atoms with Gasteiger partial charge >= 0.3 is 6.03 Å². The van der Waals surface area contributed by atoms with Gasteiger partial charge in [0.05, 0.1) is 0 Å². The fourth-order valence-corrected chi connectivity index (χ4v) is 1.32. The Morgan fingerprint density at radius 2 is 1.76 bits per heavy atom. The Bertz CT molecular complexity index is 388. The van der Waals surface area contributed by atoms with E-state index in [0.29, 0.717) is 24.5 Å². The Kier molecular flexibility index (Phi) is 4.81. The van der Waals surface area contributed by atoms with Crippen LogP contribution in [0.4, 0.5) is 16.2 Å². The summed E-state index contributed by atoms with van der Waals surface area (Å²) in [7, 11) is 0. The Morgan fingerprint density at radius 1 is 1.24 bits per heavy atom. The molecule has 0 atom stereocenters. The third-order valence-electron chi connectivity index (χ3n) is 2.15. The van der Waals surface area contributed by atoms with E-state index in [9.17, 15) is 4.79 Å². The number of rotatable bonds is 5. The Balaban J connectivity index is 2.65. The Morgan fingerprint density at radius 3 is 2.24 bits per heavy atom. The van der Waals surface area contributed by atoms with Crippen LogP contribution < -0.4 is 11.1 Å². The third kappa shape index (κ3) is 4.03. The molecular formula is C13H17N3O. The second kappa shape index (κ2) is 6.37. The summed E-state index contributed by atoms with van der Waals surface area (Å²) in [5, 5.41) is 2.77. The van der Waals surface area contributed by atoms with Crippen molar-refractivity contribution in [2.24, 2.45) is 0 Å². The van der Waals surface area contributed by atoms with Crippen LogP contribution >= 0.6 is 0 Å². The lowest BCUT2D eigenvalue weighted by Crippen LogP contribution is -2.35. The quantitative estimate of drug-likeness (QED) is 0.604. The van der Waals surface area contributed by atoms with Gasteiger partial charge in [0.15, 0.2) is 0 Å². The van der Waals surface area contributed by atoms with Crippen LogP contribution in [-0.2, 0) is 0 Å². The van der Waals surface area contributed by atoms with Gasteiger partial charge in [0.2, 0.25) is 0 Å². The molecule has 1 aromatic carbocycles. The molecule has 4 heteroatoms. The number of nitrogens with zero attached hydrogens (tertiary/aromatic N) is 1. The van der Waals surface area contributed by atoms with Gasteiger partial charge in [-0.15, -0.1) is 13.2 Å². The number of hydrogen-bond donors (Lipinski definition) is 2. The lowest BCUT2D eigenvalue weighted by molar-refractivity contribution is 0.222. The highest BCUT2D eigenvalue weighted by Crippen LogP contribution is 2.11. The summed E-state index contributed by atoms with van der Waals surface area (Å²) < 4.78 is 0. The maximum absolute atomic E-state index is 11.9. The number of amides is 2. The van der Waals surface area contributed by atoms with E-state index in [2.05, 4.69) is 18.5 Å². The van der Waals surface area contributed by atoms with Gasteiger partial charge in [-0.25, -0.2) is 4.79 Å². The van der Waals surface area contributed by atoms with Crippen molar-refractivity contribution in [1.82, 2.24) is 4.90 Å². The zero-order chi connectivity index (χ0) is 12.7. The van der Waals surface area contributed by atoms with Gasteiger partial charge in [-0.05, 0) is 24.3 Å². The van der Waals surface area contributed by atoms with Gasteiger partial charge in [-0.2, -0.15) is 0 Å². The molecule has 0 aliphatic carbocycles. The van der Waals surface area contributed by atoms with Crippen molar-refractivity contribution in [3.05, 3.63) is 49.6 Å². The molecule has 0 radical (unpaired) electrons. The minimum absolute atomic E-state index is 0.186. The van der Waals surface area contributed by atoms with Crippen LogP contribution in [0, 0.1) is 0 Å². The lowest BCUT2D eigenvalue weighted by atomic mass is 10.3. The van der Waals surface area contributed by atoms with Gasteiger partial charge in [-0.1, -0.05) is 12.2 Å². The third-order valence-corrected chi connectivity index (χ3v) is 2.15. The molecule has 0 fully saturated rings. The summed E-state index contributed by atoms with van der Waals surface area (Å²) in [4.78, 5) is 13.5. The van der Waals surface area contributed by atoms with E-state index >= 15 is 0 Å². The maximum atomic E-state index is 11.9. The summed E-state index contributed by atoms with van der Waals surface area (Å²) in [6, 6.07) is 6.80. The van der Waals surface area contributed by atoms with Crippen molar-refractivity contribution in [3.8, 4) is 0 Å². The molecule has 4 nitrogen and oxygen atoms in total. The average molecular weight is 231 g/mol. The molecule has 1 aromatic rings. The van der Waals surface area contributed by atoms with Gasteiger partial charge in [0, 0.05) is 24.5 Å². The number of nitrogens with two attached hydrogens (primary N) is 1. The summed E-state index contributed by atoms with van der Waals surface area (Å²) in [5.41, 5.74) is 6.94. The second-order valence-corrected chi connectivity index (χ2v) is 3.53. The summed E-state index contributed by atoms with van der Waals surface area (Å²) in [6.45, 7) is 8.18. The SMILES string of the molecule is C=CCN(CC=C)C(=O)Nc1ccc(N)cc1.